The molecule has 1 fully saturated rings. The van der Waals surface area contributed by atoms with E-state index in [9.17, 15) is 0 Å². The Morgan fingerprint density at radius 1 is 1.15 bits per heavy atom. The smallest absolute Gasteiger partial charge is 0.207 e. The Balaban J connectivity index is 1.80. The van der Waals surface area contributed by atoms with E-state index in [2.05, 4.69) is 47.0 Å². The van der Waals surface area contributed by atoms with Crippen molar-refractivity contribution in [1.29, 1.82) is 0 Å². The lowest BCUT2D eigenvalue weighted by Crippen LogP contribution is -2.25. The number of nitrogens with zero attached hydrogens (tertiary/aromatic N) is 2. The van der Waals surface area contributed by atoms with Crippen LogP contribution in [0.1, 0.15) is 39.2 Å². The van der Waals surface area contributed by atoms with Crippen LogP contribution >= 0.6 is 0 Å². The second-order valence-corrected chi connectivity index (χ2v) is 6.11. The van der Waals surface area contributed by atoms with E-state index in [1.807, 2.05) is 24.4 Å². The summed E-state index contributed by atoms with van der Waals surface area (Å²) in [5.41, 5.74) is 1.09. The van der Waals surface area contributed by atoms with Gasteiger partial charge in [-0.3, -0.25) is 0 Å². The Kier molecular flexibility index (Phi) is 3.77. The standard InChI is InChI=1S/C17H23N3/c1-13-8-9-16(14(2)12-13)20-11-10-18-17(20)19-15-6-4-3-5-7-15/h3-7,10-11,13-14,16H,8-9,12H2,1-2H3,(H,18,19). The Hall–Kier alpha value is -1.77. The highest BCUT2D eigenvalue weighted by Gasteiger charge is 2.27. The molecule has 3 rings (SSSR count). The van der Waals surface area contributed by atoms with Gasteiger partial charge in [0.25, 0.3) is 0 Å². The van der Waals surface area contributed by atoms with Crippen LogP contribution in [0.3, 0.4) is 0 Å². The van der Waals surface area contributed by atoms with Crippen molar-refractivity contribution in [3.8, 4) is 0 Å². The Morgan fingerprint density at radius 2 is 1.95 bits per heavy atom. The third-order valence-corrected chi connectivity index (χ3v) is 4.44. The van der Waals surface area contributed by atoms with Gasteiger partial charge in [-0.05, 0) is 43.2 Å². The molecule has 1 saturated carbocycles. The number of hydrogen-bond acceptors (Lipinski definition) is 2. The van der Waals surface area contributed by atoms with E-state index < -0.39 is 0 Å². The molecule has 3 atom stereocenters. The Morgan fingerprint density at radius 3 is 2.70 bits per heavy atom. The van der Waals surface area contributed by atoms with Crippen molar-refractivity contribution >= 4 is 11.6 Å². The molecule has 0 spiro atoms. The number of anilines is 2. The van der Waals surface area contributed by atoms with Gasteiger partial charge in [0.05, 0.1) is 0 Å². The van der Waals surface area contributed by atoms with E-state index >= 15 is 0 Å². The number of hydrogen-bond donors (Lipinski definition) is 1. The minimum atomic E-state index is 0.569. The highest BCUT2D eigenvalue weighted by molar-refractivity contribution is 5.53. The van der Waals surface area contributed by atoms with E-state index in [1.54, 1.807) is 0 Å². The number of nitrogens with one attached hydrogen (secondary N) is 1. The molecule has 0 amide bonds. The molecular formula is C17H23N3. The molecule has 3 heteroatoms. The predicted octanol–water partition coefficient (Wildman–Crippen LogP) is 4.62. The third-order valence-electron chi connectivity index (χ3n) is 4.44. The van der Waals surface area contributed by atoms with Crippen LogP contribution in [-0.4, -0.2) is 9.55 Å². The SMILES string of the molecule is CC1CCC(n2ccnc2Nc2ccccc2)C(C)C1. The molecule has 1 aliphatic carbocycles. The van der Waals surface area contributed by atoms with E-state index in [1.165, 1.54) is 19.3 Å². The first-order valence-corrected chi connectivity index (χ1v) is 7.59. The molecule has 3 unspecified atom stereocenters. The van der Waals surface area contributed by atoms with Crippen molar-refractivity contribution in [2.24, 2.45) is 11.8 Å². The molecular weight excluding hydrogens is 246 g/mol. The summed E-state index contributed by atoms with van der Waals surface area (Å²) in [6.45, 7) is 4.73. The van der Waals surface area contributed by atoms with Crippen LogP contribution in [0.15, 0.2) is 42.7 Å². The quantitative estimate of drug-likeness (QED) is 0.880. The van der Waals surface area contributed by atoms with Crippen LogP contribution in [0.4, 0.5) is 11.6 Å². The van der Waals surface area contributed by atoms with Gasteiger partial charge in [-0.2, -0.15) is 0 Å². The van der Waals surface area contributed by atoms with Gasteiger partial charge < -0.3 is 9.88 Å². The third kappa shape index (κ3) is 2.72. The van der Waals surface area contributed by atoms with Crippen molar-refractivity contribution in [2.75, 3.05) is 5.32 Å². The summed E-state index contributed by atoms with van der Waals surface area (Å²) < 4.78 is 2.32. The average Bonchev–Trinajstić information content (AvgIpc) is 2.88. The molecule has 2 aromatic rings. The number of imidazole rings is 1. The highest BCUT2D eigenvalue weighted by atomic mass is 15.2. The van der Waals surface area contributed by atoms with Crippen molar-refractivity contribution in [2.45, 2.75) is 39.2 Å². The maximum Gasteiger partial charge on any atom is 0.207 e. The molecule has 1 aliphatic rings. The van der Waals surface area contributed by atoms with Gasteiger partial charge in [0.2, 0.25) is 5.95 Å². The van der Waals surface area contributed by atoms with Crippen LogP contribution < -0.4 is 5.32 Å². The van der Waals surface area contributed by atoms with E-state index in [0.29, 0.717) is 12.0 Å². The minimum absolute atomic E-state index is 0.569. The van der Waals surface area contributed by atoms with Crippen LogP contribution in [0, 0.1) is 11.8 Å². The average molecular weight is 269 g/mol. The summed E-state index contributed by atoms with van der Waals surface area (Å²) in [5, 5.41) is 3.43. The lowest BCUT2D eigenvalue weighted by Gasteiger charge is -2.34. The second-order valence-electron chi connectivity index (χ2n) is 6.11. The lowest BCUT2D eigenvalue weighted by molar-refractivity contribution is 0.209. The minimum Gasteiger partial charge on any atom is -0.326 e. The topological polar surface area (TPSA) is 29.9 Å². The van der Waals surface area contributed by atoms with Gasteiger partial charge in [-0.1, -0.05) is 32.0 Å². The monoisotopic (exact) mass is 269 g/mol. The van der Waals surface area contributed by atoms with Gasteiger partial charge in [0, 0.05) is 24.1 Å². The second kappa shape index (κ2) is 5.70. The summed E-state index contributed by atoms with van der Waals surface area (Å²) in [7, 11) is 0. The summed E-state index contributed by atoms with van der Waals surface area (Å²) in [4.78, 5) is 4.49. The summed E-state index contributed by atoms with van der Waals surface area (Å²) in [6, 6.07) is 10.8. The summed E-state index contributed by atoms with van der Waals surface area (Å²) in [5.74, 6) is 2.53. The van der Waals surface area contributed by atoms with Gasteiger partial charge in [0.1, 0.15) is 0 Å². The summed E-state index contributed by atoms with van der Waals surface area (Å²) in [6.07, 6.45) is 7.90. The van der Waals surface area contributed by atoms with Crippen molar-refractivity contribution in [3.05, 3.63) is 42.7 Å². The molecule has 1 aromatic heterocycles. The van der Waals surface area contributed by atoms with Crippen LogP contribution in [0.2, 0.25) is 0 Å². The molecule has 0 bridgehead atoms. The molecule has 0 radical (unpaired) electrons. The predicted molar refractivity (Wildman–Crippen MR) is 83.2 cm³/mol. The fourth-order valence-corrected chi connectivity index (χ4v) is 3.39. The molecule has 3 nitrogen and oxygen atoms in total. The van der Waals surface area contributed by atoms with Crippen molar-refractivity contribution in [3.63, 3.8) is 0 Å². The lowest BCUT2D eigenvalue weighted by atomic mass is 9.80. The fourth-order valence-electron chi connectivity index (χ4n) is 3.39. The number of rotatable bonds is 3. The van der Waals surface area contributed by atoms with Crippen LogP contribution in [0.5, 0.6) is 0 Å². The molecule has 1 N–H and O–H groups in total. The number of benzene rings is 1. The van der Waals surface area contributed by atoms with Gasteiger partial charge >= 0.3 is 0 Å². The normalized spacial score (nSPS) is 26.4. The van der Waals surface area contributed by atoms with Gasteiger partial charge in [-0.15, -0.1) is 0 Å². The maximum absolute atomic E-state index is 4.49. The molecule has 106 valence electrons. The zero-order valence-corrected chi connectivity index (χ0v) is 12.3. The first-order chi connectivity index (χ1) is 9.74. The first kappa shape index (κ1) is 13.2. The maximum atomic E-state index is 4.49. The molecule has 1 aromatic carbocycles. The zero-order chi connectivity index (χ0) is 13.9. The number of aromatic nitrogens is 2. The van der Waals surface area contributed by atoms with E-state index in [0.717, 1.165) is 17.6 Å². The zero-order valence-electron chi connectivity index (χ0n) is 12.3. The summed E-state index contributed by atoms with van der Waals surface area (Å²) >= 11 is 0. The van der Waals surface area contributed by atoms with Gasteiger partial charge in [-0.25, -0.2) is 4.98 Å². The first-order valence-electron chi connectivity index (χ1n) is 7.59. The molecule has 0 saturated heterocycles. The Labute approximate surface area is 121 Å². The highest BCUT2D eigenvalue weighted by Crippen LogP contribution is 2.38. The number of para-hydroxylation sites is 1. The van der Waals surface area contributed by atoms with Crippen molar-refractivity contribution in [1.82, 2.24) is 9.55 Å². The van der Waals surface area contributed by atoms with E-state index in [4.69, 9.17) is 0 Å². The largest absolute Gasteiger partial charge is 0.326 e. The van der Waals surface area contributed by atoms with E-state index in [-0.39, 0.29) is 0 Å². The molecule has 1 heterocycles. The van der Waals surface area contributed by atoms with Gasteiger partial charge in [0.15, 0.2) is 0 Å². The molecule has 0 aliphatic heterocycles. The van der Waals surface area contributed by atoms with Crippen molar-refractivity contribution < 1.29 is 0 Å². The van der Waals surface area contributed by atoms with Crippen LogP contribution in [-0.2, 0) is 0 Å². The fraction of sp³-hybridized carbons (Fsp3) is 0.471. The Bertz CT molecular complexity index is 546. The molecule has 20 heavy (non-hydrogen) atoms. The van der Waals surface area contributed by atoms with Crippen LogP contribution in [0.25, 0.3) is 0 Å².